The van der Waals surface area contributed by atoms with Crippen LogP contribution in [0.25, 0.3) is 21.9 Å². The van der Waals surface area contributed by atoms with E-state index in [1.807, 2.05) is 0 Å². The summed E-state index contributed by atoms with van der Waals surface area (Å²) in [5.74, 6) is 0. The van der Waals surface area contributed by atoms with Crippen molar-refractivity contribution in [3.8, 4) is 0 Å². The zero-order valence-corrected chi connectivity index (χ0v) is 65.0. The highest BCUT2D eigenvalue weighted by Gasteiger charge is 2.50. The van der Waals surface area contributed by atoms with E-state index in [4.69, 9.17) is 87.7 Å². The van der Waals surface area contributed by atoms with E-state index in [1.165, 1.54) is 69.2 Å². The molecule has 112 heavy (non-hydrogen) atoms. The Bertz CT molecular complexity index is 4580. The van der Waals surface area contributed by atoms with Crippen molar-refractivity contribution in [2.75, 3.05) is 33.6 Å². The van der Waals surface area contributed by atoms with Crippen LogP contribution in [0.3, 0.4) is 0 Å². The molecule has 622 valence electrons. The van der Waals surface area contributed by atoms with Crippen LogP contribution in [0, 0.1) is 0 Å². The van der Waals surface area contributed by atoms with Crippen LogP contribution in [0.5, 0.6) is 0 Å². The average molecular weight is 1680 g/mol. The van der Waals surface area contributed by atoms with Crippen molar-refractivity contribution in [3.05, 3.63) is 126 Å². The number of phosphoric acid groups is 4. The molecule has 2 fully saturated rings. The number of hydrogen-bond acceptors (Lipinski definition) is 42. The van der Waals surface area contributed by atoms with Crippen LogP contribution < -0.4 is 22.5 Å². The first kappa shape index (κ1) is 90.6. The molecule has 2 aromatic carbocycles. The van der Waals surface area contributed by atoms with Crippen LogP contribution in [-0.2, 0) is 128 Å². The van der Waals surface area contributed by atoms with Gasteiger partial charge in [-0.15, -0.1) is 0 Å². The number of phosphoric ester groups is 4. The summed E-state index contributed by atoms with van der Waals surface area (Å²) in [5.41, 5.74) is -2.15. The van der Waals surface area contributed by atoms with Gasteiger partial charge in [-0.25, -0.2) is 74.4 Å². The number of para-hydroxylation sites is 2. The number of aliphatic hydroxyl groups excluding tert-OH is 4. The Kier molecular flexibility index (Phi) is 32.7. The summed E-state index contributed by atoms with van der Waals surface area (Å²) in [6, 6.07) is 15.4. The monoisotopic (exact) mass is 1680 g/mol. The minimum atomic E-state index is -5.57. The molecule has 5 N–H and O–H groups in total. The van der Waals surface area contributed by atoms with Crippen molar-refractivity contribution < 1.29 is 174 Å². The summed E-state index contributed by atoms with van der Waals surface area (Å²) in [5, 5.41) is 52.2. The maximum absolute atomic E-state index is 14.0. The fourth-order valence-corrected chi connectivity index (χ4v) is 14.9. The van der Waals surface area contributed by atoms with Crippen molar-refractivity contribution in [1.82, 2.24) is 28.6 Å². The Labute approximate surface area is 632 Å². The third-order valence-electron chi connectivity index (χ3n) is 14.0. The Morgan fingerprint density at radius 1 is 0.438 bits per heavy atom. The van der Waals surface area contributed by atoms with Gasteiger partial charge in [0.25, 0.3) is 11.1 Å². The zero-order valence-electron chi connectivity index (χ0n) is 61.4. The summed E-state index contributed by atoms with van der Waals surface area (Å²) < 4.78 is 171. The summed E-state index contributed by atoms with van der Waals surface area (Å²) in [4.78, 5) is 122. The summed E-state index contributed by atoms with van der Waals surface area (Å²) in [6.45, 7) is 10.4. The molecule has 2 aliphatic heterocycles. The largest absolute Gasteiger partial charge is 0.510 e. The lowest BCUT2D eigenvalue weighted by Crippen LogP contribution is -2.43. The van der Waals surface area contributed by atoms with Crippen LogP contribution in [0.1, 0.15) is 107 Å². The van der Waals surface area contributed by atoms with Gasteiger partial charge in [-0.1, -0.05) is 34.6 Å². The van der Waals surface area contributed by atoms with Crippen LogP contribution in [0.15, 0.2) is 101 Å². The standard InChI is InChI=1S/C32H43N3O22P2.C29H39N3O19P2/c1-18(2)52-30(40)45-15-49-58(43,57-59(44,50-16-46-31(41)53-19(3)4)51-17-47-32(42)54-20(5)6)48-14-24-26(37)27(38)28(55-24)34-12-11-25(36)35(29(34)39)13-22-21-9-7-8-10-23(21)56-33-22;1-15(2)43-28(37)45-17(5)49-53(41,50-18(6)46-29(38)44-16(3)4)51-52(39,40)42-14-22-24(34)25(35)26(47-22)31-12-11-23(33)32(27(31)36)13-20-19-9-7-8-10-21(19)48-30-20/h7-12,18-20,24,26-28,37-38H,13-17H2,1-6H3;7-12,15-18,22,24-26,34-35H,13-14H2,1-6H3,(H,39,40)/t24-,26?,27+,28-,58?;17?,18?,22-,24?,25+,26-,53?/m11/s1. The van der Waals surface area contributed by atoms with Crippen LogP contribution >= 0.6 is 31.3 Å². The fraction of sp³-hybridized carbons (Fsp3) is 0.557. The van der Waals surface area contributed by atoms with Crippen molar-refractivity contribution >= 4 is 84.0 Å². The van der Waals surface area contributed by atoms with Gasteiger partial charge < -0.3 is 91.2 Å². The summed E-state index contributed by atoms with van der Waals surface area (Å²) in [7, 11) is -21.8. The van der Waals surface area contributed by atoms with Crippen molar-refractivity contribution in [3.63, 3.8) is 0 Å². The van der Waals surface area contributed by atoms with Crippen molar-refractivity contribution in [1.29, 1.82) is 0 Å². The molecule has 6 heterocycles. The van der Waals surface area contributed by atoms with Gasteiger partial charge in [0.2, 0.25) is 33.0 Å². The number of aliphatic hydroxyl groups is 4. The van der Waals surface area contributed by atoms with Crippen molar-refractivity contribution in [2.45, 2.75) is 188 Å². The molecule has 0 radical (unpaired) electrons. The number of carbonyl (C=O) groups excluding carboxylic acids is 5. The number of fused-ring (bicyclic) bond motifs is 2. The predicted molar refractivity (Wildman–Crippen MR) is 367 cm³/mol. The van der Waals surface area contributed by atoms with E-state index in [-0.39, 0.29) is 24.5 Å². The minimum absolute atomic E-state index is 0.239. The second kappa shape index (κ2) is 40.4. The lowest BCUT2D eigenvalue weighted by atomic mass is 10.1. The molecular formula is C61H82N6O41P4. The second-order valence-electron chi connectivity index (χ2n) is 24.6. The number of rotatable bonds is 36. The highest BCUT2D eigenvalue weighted by molar-refractivity contribution is 7.62. The molecule has 51 heteroatoms. The van der Waals surface area contributed by atoms with Crippen molar-refractivity contribution in [2.24, 2.45) is 0 Å². The Balaban J connectivity index is 0.000000313. The van der Waals surface area contributed by atoms with E-state index in [9.17, 15) is 86.7 Å². The smallest absolute Gasteiger partial charge is 0.432 e. The van der Waals surface area contributed by atoms with Gasteiger partial charge in [0.05, 0.1) is 56.8 Å². The van der Waals surface area contributed by atoms with E-state index in [1.54, 1.807) is 48.5 Å². The Morgan fingerprint density at radius 3 is 1.14 bits per heavy atom. The number of nitrogens with zero attached hydrogens (tertiary/aromatic N) is 6. The highest BCUT2D eigenvalue weighted by atomic mass is 31.3. The molecule has 0 aliphatic carbocycles. The van der Waals surface area contributed by atoms with Gasteiger partial charge in [-0.3, -0.25) is 36.9 Å². The maximum Gasteiger partial charge on any atom is 0.510 e. The van der Waals surface area contributed by atoms with E-state index >= 15 is 0 Å². The van der Waals surface area contributed by atoms with E-state index in [2.05, 4.69) is 28.8 Å². The Morgan fingerprint density at radius 2 is 0.777 bits per heavy atom. The number of benzene rings is 2. The molecule has 2 saturated heterocycles. The molecule has 0 spiro atoms. The van der Waals surface area contributed by atoms with E-state index < -0.39 is 210 Å². The molecule has 0 amide bonds. The minimum Gasteiger partial charge on any atom is -0.432 e. The quantitative estimate of drug-likeness (QED) is 0.0120. The molecule has 12 atom stereocenters. The molecule has 0 saturated carbocycles. The highest BCUT2D eigenvalue weighted by Crippen LogP contribution is 2.67. The van der Waals surface area contributed by atoms with Crippen LogP contribution in [0.2, 0.25) is 0 Å². The summed E-state index contributed by atoms with van der Waals surface area (Å²) >= 11 is 0. The molecule has 2 aliphatic rings. The van der Waals surface area contributed by atoms with Crippen LogP contribution in [-0.4, -0.2) is 198 Å². The molecule has 47 nitrogen and oxygen atoms in total. The molecule has 6 aromatic rings. The van der Waals surface area contributed by atoms with E-state index in [0.29, 0.717) is 21.9 Å². The lowest BCUT2D eigenvalue weighted by molar-refractivity contribution is -0.102. The first-order chi connectivity index (χ1) is 52.6. The van der Waals surface area contributed by atoms with Gasteiger partial charge in [0, 0.05) is 35.3 Å². The van der Waals surface area contributed by atoms with Gasteiger partial charge >= 0.3 is 73.4 Å². The van der Waals surface area contributed by atoms with Gasteiger partial charge in [0.15, 0.2) is 23.6 Å². The molecule has 0 bridgehead atoms. The van der Waals surface area contributed by atoms with Gasteiger partial charge in [0.1, 0.15) is 48.0 Å². The van der Waals surface area contributed by atoms with Gasteiger partial charge in [-0.2, -0.15) is 8.62 Å². The maximum atomic E-state index is 14.0. The topological polar surface area (TPSA) is 589 Å². The second-order valence-corrected chi connectivity index (χ2v) is 31.2. The van der Waals surface area contributed by atoms with Crippen LogP contribution in [0.4, 0.5) is 24.0 Å². The number of carbonyl (C=O) groups is 5. The molecule has 6 unspecified atom stereocenters. The Hall–Kier alpha value is -8.63. The zero-order chi connectivity index (χ0) is 82.7. The first-order valence-electron chi connectivity index (χ1n) is 33.3. The number of hydrogen-bond donors (Lipinski definition) is 5. The number of ether oxygens (including phenoxy) is 12. The van der Waals surface area contributed by atoms with E-state index in [0.717, 1.165) is 56.6 Å². The fourth-order valence-electron chi connectivity index (χ4n) is 9.39. The SMILES string of the molecule is CC(C)OC(=O)OC(C)OP(=O)(OC(C)OC(=O)OC(C)C)OP(=O)(O)OC[C@H]1O[C@@H](n2ccc(=O)n(Cc3noc4ccccc34)c2=O)[C@@H](O)C1O.CC(C)OC(=O)OCOP(=O)(OCOC(=O)OC(C)C)OP(=O)(OCOC(=O)OC(C)C)OC[C@H]1O[C@@H](n2ccc(=O)n(Cc3noc4ccccc34)c2=O)[C@@H](O)C1O. The molecular weight excluding hydrogens is 1600 g/mol. The average Bonchev–Trinajstić information content (AvgIpc) is 1.61. The molecule has 8 rings (SSSR count). The first-order valence-corrected chi connectivity index (χ1v) is 39.2. The van der Waals surface area contributed by atoms with Gasteiger partial charge in [-0.05, 0) is 107 Å². The third kappa shape index (κ3) is 26.5. The summed E-state index contributed by atoms with van der Waals surface area (Å²) in [6.07, 6.45) is -25.5. The molecule has 4 aromatic heterocycles. The normalized spacial score (nSPS) is 20.6. The third-order valence-corrected chi connectivity index (χ3v) is 20.6. The number of aromatic nitrogens is 6. The lowest BCUT2D eigenvalue weighted by Gasteiger charge is -2.25. The predicted octanol–water partition coefficient (Wildman–Crippen LogP) is 6.58.